The van der Waals surface area contributed by atoms with E-state index in [4.69, 9.17) is 16.2 Å². The van der Waals surface area contributed by atoms with E-state index in [0.29, 0.717) is 6.07 Å². The maximum Gasteiger partial charge on any atom is 0.418 e. The van der Waals surface area contributed by atoms with Gasteiger partial charge in [0.15, 0.2) is 6.04 Å². The molecule has 0 fully saturated rings. The number of alkyl halides is 6. The Morgan fingerprint density at radius 3 is 2.40 bits per heavy atom. The second-order valence-electron chi connectivity index (χ2n) is 7.26. The summed E-state index contributed by atoms with van der Waals surface area (Å²) in [5.74, 6) is -2.38. The zero-order valence-corrected chi connectivity index (χ0v) is 17.8. The highest BCUT2D eigenvalue weighted by atomic mass is 19.4. The highest BCUT2D eigenvalue weighted by Crippen LogP contribution is 2.37. The van der Waals surface area contributed by atoms with Gasteiger partial charge >= 0.3 is 12.4 Å². The van der Waals surface area contributed by atoms with E-state index in [1.807, 2.05) is 5.32 Å². The van der Waals surface area contributed by atoms with Crippen molar-refractivity contribution >= 4 is 34.5 Å². The summed E-state index contributed by atoms with van der Waals surface area (Å²) in [6.45, 7) is -0.519. The number of anilines is 2. The van der Waals surface area contributed by atoms with Crippen LogP contribution < -0.4 is 26.8 Å². The van der Waals surface area contributed by atoms with Crippen LogP contribution >= 0.6 is 0 Å². The Kier molecular flexibility index (Phi) is 6.82. The number of nitrogens with one attached hydrogen (secondary N) is 3. The third-order valence-corrected chi connectivity index (χ3v) is 4.81. The zero-order chi connectivity index (χ0) is 26.1. The monoisotopic (exact) mass is 504 g/mol. The number of amides is 2. The number of halogens is 6. The van der Waals surface area contributed by atoms with E-state index in [1.165, 1.54) is 19.2 Å². The predicted molar refractivity (Wildman–Crippen MR) is 112 cm³/mol. The van der Waals surface area contributed by atoms with Crippen molar-refractivity contribution in [3.05, 3.63) is 47.0 Å². The van der Waals surface area contributed by atoms with Gasteiger partial charge in [0.25, 0.3) is 5.91 Å². The van der Waals surface area contributed by atoms with Gasteiger partial charge < -0.3 is 31.8 Å². The second kappa shape index (κ2) is 9.32. The van der Waals surface area contributed by atoms with Crippen molar-refractivity contribution in [3.8, 4) is 5.75 Å². The molecule has 0 radical (unpaired) electrons. The molecular weight excluding hydrogens is 486 g/mol. The number of primary amides is 1. The standard InChI is InChI=1S/C20H18F6N6O3/c1-35-14-6-13-12(5-9(14)16(28)33)31-18(32-13)30-11-4-8(2-3-10(11)19(21,22)23)7-29-17(34)15(27)20(24,25)26/h2-6,15H,7,27H2,1H3,(H2,28,33)(H,29,34)(H2,30,31,32). The third-order valence-electron chi connectivity index (χ3n) is 4.81. The summed E-state index contributed by atoms with van der Waals surface area (Å²) < 4.78 is 83.3. The predicted octanol–water partition coefficient (Wildman–Crippen LogP) is 2.94. The van der Waals surface area contributed by atoms with Crippen molar-refractivity contribution in [1.29, 1.82) is 0 Å². The molecule has 2 amide bonds. The van der Waals surface area contributed by atoms with E-state index >= 15 is 0 Å². The van der Waals surface area contributed by atoms with E-state index in [0.717, 1.165) is 12.1 Å². The first-order valence-corrected chi connectivity index (χ1v) is 9.65. The number of H-pyrrole nitrogens is 1. The Balaban J connectivity index is 1.92. The number of benzene rings is 2. The van der Waals surface area contributed by atoms with Gasteiger partial charge in [0.05, 0.1) is 35.0 Å². The number of ether oxygens (including phenoxy) is 1. The molecule has 3 aromatic rings. The lowest BCUT2D eigenvalue weighted by molar-refractivity contribution is -0.163. The summed E-state index contributed by atoms with van der Waals surface area (Å²) in [6.07, 6.45) is -9.77. The summed E-state index contributed by atoms with van der Waals surface area (Å²) in [7, 11) is 1.29. The van der Waals surface area contributed by atoms with E-state index in [9.17, 15) is 35.9 Å². The SMILES string of the molecule is COc1cc2nc(Nc3cc(CNC(=O)C(N)C(F)(F)F)ccc3C(F)(F)F)[nH]c2cc1C(N)=O. The van der Waals surface area contributed by atoms with Crippen LogP contribution in [0.2, 0.25) is 0 Å². The number of imidazole rings is 1. The minimum Gasteiger partial charge on any atom is -0.496 e. The fourth-order valence-electron chi connectivity index (χ4n) is 3.09. The molecule has 1 unspecified atom stereocenters. The zero-order valence-electron chi connectivity index (χ0n) is 17.8. The number of hydrogen-bond donors (Lipinski definition) is 5. The molecule has 1 heterocycles. The van der Waals surface area contributed by atoms with Crippen molar-refractivity contribution < 1.29 is 40.7 Å². The number of fused-ring (bicyclic) bond motifs is 1. The van der Waals surface area contributed by atoms with Crippen LogP contribution in [0.5, 0.6) is 5.75 Å². The van der Waals surface area contributed by atoms with Crippen molar-refractivity contribution in [2.75, 3.05) is 12.4 Å². The molecule has 0 saturated carbocycles. The number of rotatable bonds is 7. The molecule has 1 atom stereocenters. The molecule has 0 aliphatic rings. The molecule has 3 rings (SSSR count). The lowest BCUT2D eigenvalue weighted by Crippen LogP contribution is -2.49. The first-order valence-electron chi connectivity index (χ1n) is 9.65. The average Bonchev–Trinajstić information content (AvgIpc) is 3.15. The fourth-order valence-corrected chi connectivity index (χ4v) is 3.09. The summed E-state index contributed by atoms with van der Waals surface area (Å²) >= 11 is 0. The summed E-state index contributed by atoms with van der Waals surface area (Å²) in [5.41, 5.74) is 9.08. The maximum absolute atomic E-state index is 13.5. The number of carbonyl (C=O) groups excluding carboxylic acids is 2. The molecule has 0 spiro atoms. The highest BCUT2D eigenvalue weighted by molar-refractivity contribution is 5.99. The van der Waals surface area contributed by atoms with Gasteiger partial charge in [-0.15, -0.1) is 0 Å². The van der Waals surface area contributed by atoms with Gasteiger partial charge in [0.2, 0.25) is 11.9 Å². The first kappa shape index (κ1) is 25.6. The van der Waals surface area contributed by atoms with Crippen LogP contribution in [0.15, 0.2) is 30.3 Å². The summed E-state index contributed by atoms with van der Waals surface area (Å²) in [5, 5.41) is 4.40. The van der Waals surface area contributed by atoms with Crippen LogP contribution in [0.25, 0.3) is 11.0 Å². The van der Waals surface area contributed by atoms with Crippen molar-refractivity contribution in [2.45, 2.75) is 24.9 Å². The Morgan fingerprint density at radius 2 is 1.83 bits per heavy atom. The summed E-state index contributed by atoms with van der Waals surface area (Å²) in [4.78, 5) is 30.0. The molecule has 0 aliphatic heterocycles. The lowest BCUT2D eigenvalue weighted by Gasteiger charge is -2.17. The molecule has 9 nitrogen and oxygen atoms in total. The van der Waals surface area contributed by atoms with Crippen LogP contribution in [-0.2, 0) is 17.5 Å². The van der Waals surface area contributed by atoms with Gasteiger partial charge in [0, 0.05) is 12.6 Å². The number of methoxy groups -OCH3 is 1. The Bertz CT molecular complexity index is 1270. The number of aromatic amines is 1. The fraction of sp³-hybridized carbons (Fsp3) is 0.250. The quantitative estimate of drug-likeness (QED) is 0.313. The smallest absolute Gasteiger partial charge is 0.418 e. The molecule has 1 aromatic heterocycles. The van der Waals surface area contributed by atoms with Crippen LogP contribution in [0.1, 0.15) is 21.5 Å². The van der Waals surface area contributed by atoms with Gasteiger partial charge in [-0.25, -0.2) is 4.98 Å². The van der Waals surface area contributed by atoms with Gasteiger partial charge in [-0.1, -0.05) is 6.07 Å². The average molecular weight is 504 g/mol. The number of aromatic nitrogens is 2. The van der Waals surface area contributed by atoms with Crippen molar-refractivity contribution in [1.82, 2.24) is 15.3 Å². The van der Waals surface area contributed by atoms with Crippen LogP contribution in [0, 0.1) is 0 Å². The van der Waals surface area contributed by atoms with Gasteiger partial charge in [0.1, 0.15) is 5.75 Å². The number of hydrogen-bond acceptors (Lipinski definition) is 6. The van der Waals surface area contributed by atoms with Gasteiger partial charge in [-0.3, -0.25) is 9.59 Å². The minimum atomic E-state index is -4.98. The molecule has 0 saturated heterocycles. The third kappa shape index (κ3) is 5.74. The van der Waals surface area contributed by atoms with Crippen LogP contribution in [0.4, 0.5) is 38.0 Å². The van der Waals surface area contributed by atoms with E-state index in [-0.39, 0.29) is 33.9 Å². The van der Waals surface area contributed by atoms with E-state index in [2.05, 4.69) is 15.3 Å². The largest absolute Gasteiger partial charge is 0.496 e. The van der Waals surface area contributed by atoms with Gasteiger partial charge in [-0.2, -0.15) is 26.3 Å². The van der Waals surface area contributed by atoms with Crippen molar-refractivity contribution in [2.24, 2.45) is 11.5 Å². The highest BCUT2D eigenvalue weighted by Gasteiger charge is 2.42. The first-order chi connectivity index (χ1) is 16.2. The second-order valence-corrected chi connectivity index (χ2v) is 7.26. The lowest BCUT2D eigenvalue weighted by atomic mass is 10.1. The topological polar surface area (TPSA) is 148 Å². The van der Waals surface area contributed by atoms with E-state index in [1.54, 1.807) is 0 Å². The Hall–Kier alpha value is -4.01. The Morgan fingerprint density at radius 1 is 1.14 bits per heavy atom. The summed E-state index contributed by atoms with van der Waals surface area (Å²) in [6, 6.07) is 2.57. The van der Waals surface area contributed by atoms with Gasteiger partial charge in [-0.05, 0) is 23.8 Å². The molecule has 15 heteroatoms. The maximum atomic E-state index is 13.5. The molecule has 35 heavy (non-hydrogen) atoms. The van der Waals surface area contributed by atoms with E-state index < -0.39 is 48.0 Å². The number of nitrogens with zero attached hydrogens (tertiary/aromatic N) is 1. The molecule has 0 bridgehead atoms. The number of nitrogens with two attached hydrogens (primary N) is 2. The normalized spacial score (nSPS) is 12.9. The molecular formula is C20H18F6N6O3. The molecule has 188 valence electrons. The van der Waals surface area contributed by atoms with Crippen LogP contribution in [-0.4, -0.2) is 41.1 Å². The number of carbonyl (C=O) groups is 2. The molecule has 0 aliphatic carbocycles. The molecule has 7 N–H and O–H groups in total. The van der Waals surface area contributed by atoms with Crippen LogP contribution in [0.3, 0.4) is 0 Å². The minimum absolute atomic E-state index is 0.0148. The Labute approximate surface area is 192 Å². The van der Waals surface area contributed by atoms with Crippen molar-refractivity contribution in [3.63, 3.8) is 0 Å². The molecule has 2 aromatic carbocycles.